The van der Waals surface area contributed by atoms with Gasteiger partial charge in [-0.15, -0.1) is 0 Å². The summed E-state index contributed by atoms with van der Waals surface area (Å²) in [7, 11) is 0. The summed E-state index contributed by atoms with van der Waals surface area (Å²) in [4.78, 5) is 10.4. The van der Waals surface area contributed by atoms with Gasteiger partial charge in [-0.1, -0.05) is 95.8 Å². The number of carbonyl (C=O) groups is 1. The predicted octanol–water partition coefficient (Wildman–Crippen LogP) is 6.27. The summed E-state index contributed by atoms with van der Waals surface area (Å²) in [5.74, 6) is -0.897. The molecule has 0 heterocycles. The zero-order valence-corrected chi connectivity index (χ0v) is 13.9. The third-order valence-corrected chi connectivity index (χ3v) is 3.81. The van der Waals surface area contributed by atoms with Gasteiger partial charge in [0.1, 0.15) is 0 Å². The third-order valence-electron chi connectivity index (χ3n) is 3.81. The molecule has 0 aliphatic carbocycles. The number of allylic oxidation sites excluding steroid dienone is 2. The molecular formula is C19H34O2. The van der Waals surface area contributed by atoms with Gasteiger partial charge in [-0.05, 0) is 12.8 Å². The van der Waals surface area contributed by atoms with Crippen molar-refractivity contribution < 1.29 is 9.90 Å². The lowest BCUT2D eigenvalue weighted by Crippen LogP contribution is -1.87. The molecule has 0 fully saturated rings. The summed E-state index contributed by atoms with van der Waals surface area (Å²) in [5, 5.41) is 8.51. The number of unbranched alkanes of at least 4 members (excludes halogenated alkanes) is 11. The highest BCUT2D eigenvalue weighted by Gasteiger charge is 1.95. The van der Waals surface area contributed by atoms with Crippen LogP contribution in [0.15, 0.2) is 24.3 Å². The molecule has 0 aliphatic heterocycles. The summed E-state index contributed by atoms with van der Waals surface area (Å²) >= 11 is 0. The Morgan fingerprint density at radius 3 is 1.67 bits per heavy atom. The largest absolute Gasteiger partial charge is 0.478 e. The van der Waals surface area contributed by atoms with Crippen LogP contribution in [0.25, 0.3) is 0 Å². The molecule has 0 amide bonds. The summed E-state index contributed by atoms with van der Waals surface area (Å²) in [6.07, 6.45) is 19.8. The highest BCUT2D eigenvalue weighted by molar-refractivity contribution is 5.80. The first-order chi connectivity index (χ1) is 10.2. The van der Waals surface area contributed by atoms with Crippen molar-refractivity contribution in [3.8, 4) is 0 Å². The van der Waals surface area contributed by atoms with E-state index in [9.17, 15) is 4.79 Å². The fraction of sp³-hybridized carbons (Fsp3) is 0.737. The van der Waals surface area contributed by atoms with Crippen molar-refractivity contribution in [1.29, 1.82) is 0 Å². The van der Waals surface area contributed by atoms with Gasteiger partial charge in [0.15, 0.2) is 0 Å². The van der Waals surface area contributed by atoms with E-state index in [1.807, 2.05) is 0 Å². The number of hydrogen-bond acceptors (Lipinski definition) is 1. The molecule has 0 aromatic rings. The van der Waals surface area contributed by atoms with Gasteiger partial charge in [-0.3, -0.25) is 0 Å². The first kappa shape index (κ1) is 19.9. The Kier molecular flexibility index (Phi) is 14.6. The molecule has 0 saturated heterocycles. The second kappa shape index (κ2) is 15.3. The molecular weight excluding hydrogens is 260 g/mol. The summed E-state index contributed by atoms with van der Waals surface area (Å²) in [5.41, 5.74) is 0.921. The number of aliphatic carboxylic acids is 1. The van der Waals surface area contributed by atoms with Crippen LogP contribution >= 0.6 is 0 Å². The minimum Gasteiger partial charge on any atom is -0.478 e. The Morgan fingerprint density at radius 2 is 1.24 bits per heavy atom. The van der Waals surface area contributed by atoms with E-state index in [-0.39, 0.29) is 0 Å². The van der Waals surface area contributed by atoms with Crippen LogP contribution in [0.2, 0.25) is 0 Å². The van der Waals surface area contributed by atoms with E-state index in [1.165, 1.54) is 76.7 Å². The molecule has 0 atom stereocenters. The average Bonchev–Trinajstić information content (AvgIpc) is 2.46. The van der Waals surface area contributed by atoms with E-state index >= 15 is 0 Å². The molecule has 1 N–H and O–H groups in total. The van der Waals surface area contributed by atoms with E-state index in [0.29, 0.717) is 0 Å². The van der Waals surface area contributed by atoms with Crippen LogP contribution in [-0.2, 0) is 4.79 Å². The average molecular weight is 294 g/mol. The van der Waals surface area contributed by atoms with E-state index < -0.39 is 5.97 Å². The minimum atomic E-state index is -0.897. The molecule has 0 bridgehead atoms. The van der Waals surface area contributed by atoms with Gasteiger partial charge < -0.3 is 5.11 Å². The van der Waals surface area contributed by atoms with E-state index in [0.717, 1.165) is 18.4 Å². The van der Waals surface area contributed by atoms with Crippen LogP contribution in [0.1, 0.15) is 90.4 Å². The molecule has 0 aromatic carbocycles. The molecule has 2 nitrogen and oxygen atoms in total. The smallest absolute Gasteiger partial charge is 0.328 e. The quantitative estimate of drug-likeness (QED) is 0.219. The maximum Gasteiger partial charge on any atom is 0.328 e. The maximum atomic E-state index is 10.4. The minimum absolute atomic E-state index is 0.897. The van der Waals surface area contributed by atoms with E-state index in [2.05, 4.69) is 13.5 Å². The van der Waals surface area contributed by atoms with Gasteiger partial charge in [0, 0.05) is 6.08 Å². The van der Waals surface area contributed by atoms with Crippen molar-refractivity contribution in [1.82, 2.24) is 0 Å². The highest BCUT2D eigenvalue weighted by Crippen LogP contribution is 2.14. The Bertz CT molecular complexity index is 292. The second-order valence-electron chi connectivity index (χ2n) is 5.97. The molecule has 0 aromatic heterocycles. The van der Waals surface area contributed by atoms with Crippen LogP contribution in [0.5, 0.6) is 0 Å². The first-order valence-corrected chi connectivity index (χ1v) is 8.75. The van der Waals surface area contributed by atoms with Gasteiger partial charge in [-0.25, -0.2) is 4.79 Å². The van der Waals surface area contributed by atoms with Crippen molar-refractivity contribution in [2.45, 2.75) is 90.4 Å². The topological polar surface area (TPSA) is 37.3 Å². The zero-order chi connectivity index (χ0) is 15.8. The van der Waals surface area contributed by atoms with Crippen molar-refractivity contribution >= 4 is 5.97 Å². The van der Waals surface area contributed by atoms with Crippen LogP contribution < -0.4 is 0 Å². The first-order valence-electron chi connectivity index (χ1n) is 8.75. The monoisotopic (exact) mass is 294 g/mol. The van der Waals surface area contributed by atoms with Crippen LogP contribution in [0.3, 0.4) is 0 Å². The Morgan fingerprint density at radius 1 is 0.810 bits per heavy atom. The lowest BCUT2D eigenvalue weighted by Gasteiger charge is -2.03. The van der Waals surface area contributed by atoms with Gasteiger partial charge in [0.25, 0.3) is 0 Å². The molecule has 21 heavy (non-hydrogen) atoms. The standard InChI is InChI=1S/C19H34O2/c1-3-4-5-6-7-8-9-10-11-12-13-14-15-18(2)16-17-19(20)21/h16-17H,2-15H2,1H3,(H,20,21)/b17-16+. The molecule has 122 valence electrons. The Balaban J connectivity index is 3.19. The van der Waals surface area contributed by atoms with Crippen molar-refractivity contribution in [2.75, 3.05) is 0 Å². The van der Waals surface area contributed by atoms with Gasteiger partial charge in [-0.2, -0.15) is 0 Å². The van der Waals surface area contributed by atoms with Gasteiger partial charge in [0.2, 0.25) is 0 Å². The summed E-state index contributed by atoms with van der Waals surface area (Å²) < 4.78 is 0. The summed E-state index contributed by atoms with van der Waals surface area (Å²) in [6, 6.07) is 0. The lowest BCUT2D eigenvalue weighted by atomic mass is 10.0. The molecule has 0 aliphatic rings. The van der Waals surface area contributed by atoms with E-state index in [1.54, 1.807) is 6.08 Å². The molecule has 0 unspecified atom stereocenters. The molecule has 0 rings (SSSR count). The van der Waals surface area contributed by atoms with Crippen LogP contribution in [0, 0.1) is 0 Å². The lowest BCUT2D eigenvalue weighted by molar-refractivity contribution is -0.131. The van der Waals surface area contributed by atoms with Crippen molar-refractivity contribution in [3.63, 3.8) is 0 Å². The fourth-order valence-corrected chi connectivity index (χ4v) is 2.47. The predicted molar refractivity (Wildman–Crippen MR) is 91.6 cm³/mol. The molecule has 0 saturated carbocycles. The van der Waals surface area contributed by atoms with E-state index in [4.69, 9.17) is 5.11 Å². The normalized spacial score (nSPS) is 11.1. The fourth-order valence-electron chi connectivity index (χ4n) is 2.47. The number of hydrogen-bond donors (Lipinski definition) is 1. The van der Waals surface area contributed by atoms with Crippen molar-refractivity contribution in [3.05, 3.63) is 24.3 Å². The molecule has 0 radical (unpaired) electrons. The Labute approximate surface area is 131 Å². The highest BCUT2D eigenvalue weighted by atomic mass is 16.4. The number of rotatable bonds is 15. The third kappa shape index (κ3) is 16.9. The summed E-state index contributed by atoms with van der Waals surface area (Å²) in [6.45, 7) is 6.13. The van der Waals surface area contributed by atoms with Gasteiger partial charge >= 0.3 is 5.97 Å². The number of carboxylic acid groups (broad SMARTS) is 1. The second-order valence-corrected chi connectivity index (χ2v) is 5.97. The maximum absolute atomic E-state index is 10.4. The number of carboxylic acids is 1. The van der Waals surface area contributed by atoms with Crippen LogP contribution in [0.4, 0.5) is 0 Å². The molecule has 2 heteroatoms. The van der Waals surface area contributed by atoms with Crippen molar-refractivity contribution in [2.24, 2.45) is 0 Å². The molecule has 0 spiro atoms. The van der Waals surface area contributed by atoms with Crippen LogP contribution in [-0.4, -0.2) is 11.1 Å². The SMILES string of the molecule is C=C(/C=C/C(=O)O)CCCCCCCCCCCCCC. The Hall–Kier alpha value is -1.05. The van der Waals surface area contributed by atoms with Gasteiger partial charge in [0.05, 0.1) is 0 Å². The zero-order valence-electron chi connectivity index (χ0n) is 13.9.